The van der Waals surface area contributed by atoms with E-state index in [-0.39, 0.29) is 38.3 Å². The van der Waals surface area contributed by atoms with Crippen molar-refractivity contribution in [3.05, 3.63) is 153 Å². The van der Waals surface area contributed by atoms with Gasteiger partial charge in [-0.25, -0.2) is 23.5 Å². The van der Waals surface area contributed by atoms with Gasteiger partial charge in [-0.3, -0.25) is 4.79 Å². The van der Waals surface area contributed by atoms with Crippen LogP contribution in [0.1, 0.15) is 56.9 Å². The van der Waals surface area contributed by atoms with E-state index in [9.17, 15) is 14.7 Å². The molecule has 2 aliphatic rings. The average Bonchev–Trinajstić information content (AvgIpc) is 3.19. The number of hydrogen-bond acceptors (Lipinski definition) is 8. The highest BCUT2D eigenvalue weighted by Crippen LogP contribution is 2.38. The van der Waals surface area contributed by atoms with Crippen molar-refractivity contribution in [2.75, 3.05) is 37.1 Å². The second-order valence-electron chi connectivity index (χ2n) is 14.6. The second kappa shape index (κ2) is 20.7. The molecule has 0 aliphatic carbocycles. The number of nitrogens with zero attached hydrogens (tertiary/aromatic N) is 4. The maximum absolute atomic E-state index is 15.4. The Morgan fingerprint density at radius 2 is 1.11 bits per heavy atom. The van der Waals surface area contributed by atoms with Crippen LogP contribution in [-0.2, 0) is 22.4 Å². The lowest BCUT2D eigenvalue weighted by molar-refractivity contribution is -0.140. The summed E-state index contributed by atoms with van der Waals surface area (Å²) in [6, 6.07) is 27.9. The lowest BCUT2D eigenvalue weighted by Gasteiger charge is -2.40. The number of aliphatic carboxylic acids is 1. The number of methoxy groups -OCH3 is 2. The van der Waals surface area contributed by atoms with Crippen molar-refractivity contribution in [3.63, 3.8) is 0 Å². The van der Waals surface area contributed by atoms with E-state index in [0.29, 0.717) is 86.6 Å². The van der Waals surface area contributed by atoms with Gasteiger partial charge in [-0.1, -0.05) is 86.6 Å². The zero-order valence-corrected chi connectivity index (χ0v) is 34.7. The number of carboxylic acid groups (broad SMARTS) is 1. The molecule has 6 aromatic rings. The molecule has 2 aliphatic heterocycles. The topological polar surface area (TPSA) is 105 Å². The number of hydrogen-bond donors (Lipinski definition) is 1. The van der Waals surface area contributed by atoms with Gasteiger partial charge < -0.3 is 24.4 Å². The summed E-state index contributed by atoms with van der Waals surface area (Å²) in [6.07, 6.45) is 5.62. The molecule has 8 rings (SSSR count). The van der Waals surface area contributed by atoms with Gasteiger partial charge in [-0.15, -0.1) is 0 Å². The number of aromatic nitrogens is 2. The van der Waals surface area contributed by atoms with E-state index in [1.54, 1.807) is 97.0 Å². The molecule has 2 atom stereocenters. The molecule has 2 aromatic heterocycles. The Balaban J connectivity index is 0.000000227. The molecule has 4 aromatic carbocycles. The minimum absolute atomic E-state index is 0. The van der Waals surface area contributed by atoms with Crippen LogP contribution in [0.5, 0.6) is 11.5 Å². The number of pyridine rings is 2. The molecular weight excluding hydrogens is 833 g/mol. The molecule has 0 spiro atoms. The van der Waals surface area contributed by atoms with Crippen molar-refractivity contribution in [3.8, 4) is 33.8 Å². The van der Waals surface area contributed by atoms with Gasteiger partial charge in [-0.2, -0.15) is 0 Å². The zero-order chi connectivity index (χ0) is 42.5. The van der Waals surface area contributed by atoms with Crippen LogP contribution in [0.3, 0.4) is 0 Å². The molecule has 62 heavy (non-hydrogen) atoms. The standard InChI is InChI=1S/C24H22ClFN2O2.C23H20ClFN2O3.2CH4/c1-15(29)20-10-11-28(20)22-9-6-16(14-27-22)12-18-7-8-21(30-2)23(24(18)26)17-4-3-5-19(25)13-17;1-30-19-7-6-16(22(25)21(19)15-3-2-4-17(24)12-15)11-14-5-8-20(26-13-14)27-10-9-18(27)23(28)29;;/h3-9,13-14,20H,10-12H2,1-2H3;2-8,12-13,18H,9-11H2,1H3,(H,28,29);2*1H4/t20-;18-;;/m00../s1. The molecule has 2 saturated heterocycles. The third-order valence-corrected chi connectivity index (χ3v) is 11.3. The molecule has 1 N–H and O–H groups in total. The van der Waals surface area contributed by atoms with Crippen LogP contribution in [0.2, 0.25) is 10.0 Å². The summed E-state index contributed by atoms with van der Waals surface area (Å²) in [4.78, 5) is 35.5. The quantitative estimate of drug-likeness (QED) is 0.129. The first-order valence-corrected chi connectivity index (χ1v) is 20.1. The second-order valence-corrected chi connectivity index (χ2v) is 15.5. The zero-order valence-electron chi connectivity index (χ0n) is 33.2. The van der Waals surface area contributed by atoms with Gasteiger partial charge in [0.25, 0.3) is 0 Å². The first kappa shape index (κ1) is 47.0. The summed E-state index contributed by atoms with van der Waals surface area (Å²) in [5, 5.41) is 10.2. The van der Waals surface area contributed by atoms with Crippen molar-refractivity contribution in [2.24, 2.45) is 0 Å². The summed E-state index contributed by atoms with van der Waals surface area (Å²) in [7, 11) is 3.03. The lowest BCUT2D eigenvalue weighted by Crippen LogP contribution is -2.52. The first-order chi connectivity index (χ1) is 28.9. The smallest absolute Gasteiger partial charge is 0.326 e. The highest BCUT2D eigenvalue weighted by Gasteiger charge is 2.35. The third-order valence-electron chi connectivity index (χ3n) is 10.8. The van der Waals surface area contributed by atoms with Crippen LogP contribution in [0.4, 0.5) is 20.4 Å². The van der Waals surface area contributed by atoms with E-state index in [4.69, 9.17) is 32.7 Å². The molecule has 0 saturated carbocycles. The predicted molar refractivity (Wildman–Crippen MR) is 244 cm³/mol. The van der Waals surface area contributed by atoms with E-state index >= 15 is 8.78 Å². The van der Waals surface area contributed by atoms with Crippen LogP contribution in [0, 0.1) is 11.6 Å². The Labute approximate surface area is 371 Å². The highest BCUT2D eigenvalue weighted by molar-refractivity contribution is 6.31. The SMILES string of the molecule is C.C.COc1ccc(Cc2ccc(N3CC[C@H]3C(=O)O)nc2)c(F)c1-c1cccc(Cl)c1.COc1ccc(Cc2ccc(N3CC[C@H]3C(C)=O)nc2)c(F)c1-c1cccc(Cl)c1. The van der Waals surface area contributed by atoms with Crippen LogP contribution < -0.4 is 19.3 Å². The normalized spacial score (nSPS) is 15.1. The van der Waals surface area contributed by atoms with Gasteiger partial charge in [0.15, 0.2) is 5.78 Å². The van der Waals surface area contributed by atoms with E-state index in [0.717, 1.165) is 29.9 Å². The first-order valence-electron chi connectivity index (χ1n) is 19.3. The fourth-order valence-corrected chi connectivity index (χ4v) is 7.85. The van der Waals surface area contributed by atoms with E-state index in [2.05, 4.69) is 9.97 Å². The third kappa shape index (κ3) is 10.2. The van der Waals surface area contributed by atoms with E-state index < -0.39 is 12.0 Å². The molecule has 324 valence electrons. The van der Waals surface area contributed by atoms with Crippen molar-refractivity contribution >= 4 is 46.6 Å². The number of carbonyl (C=O) groups is 2. The molecule has 0 radical (unpaired) electrons. The van der Waals surface area contributed by atoms with Crippen LogP contribution in [0.25, 0.3) is 22.3 Å². The Morgan fingerprint density at radius 3 is 1.44 bits per heavy atom. The van der Waals surface area contributed by atoms with Crippen molar-refractivity contribution in [1.82, 2.24) is 9.97 Å². The largest absolute Gasteiger partial charge is 0.496 e. The fourth-order valence-electron chi connectivity index (χ4n) is 7.47. The molecular formula is C49H50Cl2F2N4O5. The van der Waals surface area contributed by atoms with Gasteiger partial charge in [0.1, 0.15) is 40.8 Å². The molecule has 9 nitrogen and oxygen atoms in total. The summed E-state index contributed by atoms with van der Waals surface area (Å²) in [5.74, 6) is 0.896. The Hall–Kier alpha value is -6.04. The molecule has 0 amide bonds. The minimum Gasteiger partial charge on any atom is -0.496 e. The number of ether oxygens (including phenoxy) is 2. The number of halogens is 4. The fraction of sp³-hybridized carbons (Fsp3) is 0.265. The van der Waals surface area contributed by atoms with Crippen molar-refractivity contribution < 1.29 is 33.0 Å². The van der Waals surface area contributed by atoms with Gasteiger partial charge in [-0.05, 0) is 102 Å². The number of carboxylic acids is 1. The molecule has 0 unspecified atom stereocenters. The maximum Gasteiger partial charge on any atom is 0.326 e. The monoisotopic (exact) mass is 882 g/mol. The Kier molecular flexibility index (Phi) is 15.7. The predicted octanol–water partition coefficient (Wildman–Crippen LogP) is 11.4. The summed E-state index contributed by atoms with van der Waals surface area (Å²) in [6.45, 7) is 3.10. The van der Waals surface area contributed by atoms with E-state index in [1.165, 1.54) is 14.2 Å². The number of rotatable bonds is 12. The Bertz CT molecular complexity index is 2350. The summed E-state index contributed by atoms with van der Waals surface area (Å²) < 4.78 is 41.6. The van der Waals surface area contributed by atoms with E-state index in [1.807, 2.05) is 29.2 Å². The summed E-state index contributed by atoms with van der Waals surface area (Å²) in [5.41, 5.74) is 4.84. The van der Waals surface area contributed by atoms with Crippen LogP contribution in [0.15, 0.2) is 109 Å². The Morgan fingerprint density at radius 1 is 0.677 bits per heavy atom. The van der Waals surface area contributed by atoms with Gasteiger partial charge in [0.2, 0.25) is 0 Å². The number of anilines is 2. The number of ketones is 1. The van der Waals surface area contributed by atoms with Gasteiger partial charge in [0.05, 0.1) is 31.4 Å². The van der Waals surface area contributed by atoms with Gasteiger partial charge in [0, 0.05) is 48.4 Å². The maximum atomic E-state index is 15.4. The van der Waals surface area contributed by atoms with Crippen LogP contribution in [-0.4, -0.2) is 66.2 Å². The minimum atomic E-state index is -0.846. The lowest BCUT2D eigenvalue weighted by atomic mass is 9.97. The number of benzene rings is 4. The molecule has 13 heteroatoms. The molecule has 2 fully saturated rings. The van der Waals surface area contributed by atoms with Gasteiger partial charge >= 0.3 is 5.97 Å². The van der Waals surface area contributed by atoms with Crippen molar-refractivity contribution in [1.29, 1.82) is 0 Å². The van der Waals surface area contributed by atoms with Crippen molar-refractivity contribution in [2.45, 2.75) is 59.5 Å². The van der Waals surface area contributed by atoms with Crippen LogP contribution >= 0.6 is 23.2 Å². The average molecular weight is 884 g/mol. The number of carbonyl (C=O) groups excluding carboxylic acids is 1. The highest BCUT2D eigenvalue weighted by atomic mass is 35.5. The molecule has 4 heterocycles. The summed E-state index contributed by atoms with van der Waals surface area (Å²) >= 11 is 12.2. The molecule has 0 bridgehead atoms. The number of Topliss-reactive ketones (excluding diaryl/α,β-unsaturated/α-hetero) is 1.